The first-order valence-corrected chi connectivity index (χ1v) is 6.51. The minimum atomic E-state index is 0.342. The molecule has 0 aliphatic carbocycles. The Labute approximate surface area is 104 Å². The van der Waals surface area contributed by atoms with Gasteiger partial charge in [0.2, 0.25) is 0 Å². The predicted octanol–water partition coefficient (Wildman–Crippen LogP) is 2.43. The molecule has 0 bridgehead atoms. The van der Waals surface area contributed by atoms with E-state index in [2.05, 4.69) is 42.8 Å². The summed E-state index contributed by atoms with van der Waals surface area (Å²) in [5.74, 6) is 0. The Morgan fingerprint density at radius 1 is 1.53 bits per heavy atom. The van der Waals surface area contributed by atoms with Gasteiger partial charge >= 0.3 is 0 Å². The fourth-order valence-corrected chi connectivity index (χ4v) is 2.30. The Balaban J connectivity index is 2.04. The van der Waals surface area contributed by atoms with Gasteiger partial charge in [-0.15, -0.1) is 0 Å². The highest BCUT2D eigenvalue weighted by atomic mass is 16.5. The summed E-state index contributed by atoms with van der Waals surface area (Å²) in [6.45, 7) is 9.39. The van der Waals surface area contributed by atoms with E-state index < -0.39 is 0 Å². The van der Waals surface area contributed by atoms with Crippen LogP contribution in [0.5, 0.6) is 0 Å². The third-order valence-electron chi connectivity index (χ3n) is 3.51. The van der Waals surface area contributed by atoms with E-state index in [9.17, 15) is 0 Å². The van der Waals surface area contributed by atoms with Gasteiger partial charge in [0.05, 0.1) is 12.7 Å². The number of aromatic nitrogens is 1. The molecule has 1 unspecified atom stereocenters. The topological polar surface area (TPSA) is 25.4 Å². The Kier molecular flexibility index (Phi) is 4.13. The molecule has 0 spiro atoms. The van der Waals surface area contributed by atoms with Crippen molar-refractivity contribution >= 4 is 0 Å². The Hall–Kier alpha value is -0.930. The third-order valence-corrected chi connectivity index (χ3v) is 3.51. The second kappa shape index (κ2) is 5.61. The van der Waals surface area contributed by atoms with Gasteiger partial charge < -0.3 is 4.74 Å². The van der Waals surface area contributed by atoms with Crippen molar-refractivity contribution in [2.24, 2.45) is 0 Å². The van der Waals surface area contributed by atoms with Gasteiger partial charge in [0.15, 0.2) is 0 Å². The van der Waals surface area contributed by atoms with Crippen LogP contribution in [0.25, 0.3) is 0 Å². The molecule has 1 aliphatic rings. The van der Waals surface area contributed by atoms with E-state index >= 15 is 0 Å². The summed E-state index contributed by atoms with van der Waals surface area (Å²) in [5.41, 5.74) is 2.47. The highest BCUT2D eigenvalue weighted by Crippen LogP contribution is 2.22. The maximum absolute atomic E-state index is 5.57. The molecule has 2 heterocycles. The van der Waals surface area contributed by atoms with Crippen LogP contribution in [0.1, 0.15) is 38.1 Å². The fourth-order valence-electron chi connectivity index (χ4n) is 2.30. The van der Waals surface area contributed by atoms with Gasteiger partial charge in [-0.05, 0) is 31.9 Å². The van der Waals surface area contributed by atoms with Crippen molar-refractivity contribution in [2.45, 2.75) is 39.3 Å². The summed E-state index contributed by atoms with van der Waals surface area (Å²) >= 11 is 0. The van der Waals surface area contributed by atoms with Crippen molar-refractivity contribution in [3.63, 3.8) is 0 Å². The number of nitrogens with zero attached hydrogens (tertiary/aromatic N) is 2. The molecular weight excluding hydrogens is 212 g/mol. The number of ether oxygens (including phenoxy) is 1. The van der Waals surface area contributed by atoms with Gasteiger partial charge in [0, 0.05) is 31.0 Å². The lowest BCUT2D eigenvalue weighted by molar-refractivity contribution is -0.0320. The number of morpholine rings is 1. The second-order valence-electron chi connectivity index (χ2n) is 4.79. The molecule has 1 aromatic rings. The molecule has 94 valence electrons. The monoisotopic (exact) mass is 234 g/mol. The average molecular weight is 234 g/mol. The van der Waals surface area contributed by atoms with Crippen molar-refractivity contribution in [3.05, 3.63) is 29.6 Å². The van der Waals surface area contributed by atoms with Gasteiger partial charge in [-0.1, -0.05) is 13.0 Å². The maximum Gasteiger partial charge on any atom is 0.0674 e. The summed E-state index contributed by atoms with van der Waals surface area (Å²) in [5, 5.41) is 0. The zero-order chi connectivity index (χ0) is 12.3. The summed E-state index contributed by atoms with van der Waals surface area (Å²) in [6.07, 6.45) is 3.36. The van der Waals surface area contributed by atoms with Crippen molar-refractivity contribution in [3.8, 4) is 0 Å². The molecule has 2 rings (SSSR count). The molecule has 1 fully saturated rings. The van der Waals surface area contributed by atoms with Gasteiger partial charge in [-0.3, -0.25) is 9.88 Å². The number of pyridine rings is 1. The van der Waals surface area contributed by atoms with Crippen LogP contribution < -0.4 is 0 Å². The molecule has 1 aromatic heterocycles. The fraction of sp³-hybridized carbons (Fsp3) is 0.643. The lowest BCUT2D eigenvalue weighted by Crippen LogP contribution is -2.42. The maximum atomic E-state index is 5.57. The second-order valence-corrected chi connectivity index (χ2v) is 4.79. The minimum absolute atomic E-state index is 0.342. The van der Waals surface area contributed by atoms with Gasteiger partial charge in [-0.25, -0.2) is 0 Å². The molecule has 2 atom stereocenters. The van der Waals surface area contributed by atoms with E-state index in [1.54, 1.807) is 0 Å². The molecular formula is C14H22N2O. The van der Waals surface area contributed by atoms with Crippen LogP contribution in [-0.4, -0.2) is 35.7 Å². The van der Waals surface area contributed by atoms with E-state index in [-0.39, 0.29) is 0 Å². The average Bonchev–Trinajstić information content (AvgIpc) is 2.38. The number of aryl methyl sites for hydroxylation is 1. The molecule has 0 radical (unpaired) electrons. The predicted molar refractivity (Wildman–Crippen MR) is 69.0 cm³/mol. The Bertz CT molecular complexity index is 350. The van der Waals surface area contributed by atoms with Crippen molar-refractivity contribution in [1.29, 1.82) is 0 Å². The van der Waals surface area contributed by atoms with Crippen LogP contribution in [0.2, 0.25) is 0 Å². The lowest BCUT2D eigenvalue weighted by Gasteiger charge is -2.35. The summed E-state index contributed by atoms with van der Waals surface area (Å²) in [4.78, 5) is 6.94. The van der Waals surface area contributed by atoms with Gasteiger partial charge in [0.25, 0.3) is 0 Å². The molecule has 0 amide bonds. The van der Waals surface area contributed by atoms with Crippen LogP contribution >= 0.6 is 0 Å². The zero-order valence-electron chi connectivity index (χ0n) is 11.0. The van der Waals surface area contributed by atoms with E-state index in [1.165, 1.54) is 5.56 Å². The molecule has 0 aromatic carbocycles. The SMILES string of the molecule is CCc1ccc(C(C)N2CCO[C@H](C)C2)cn1. The zero-order valence-corrected chi connectivity index (χ0v) is 11.0. The molecule has 1 aliphatic heterocycles. The number of hydrogen-bond donors (Lipinski definition) is 0. The largest absolute Gasteiger partial charge is 0.376 e. The van der Waals surface area contributed by atoms with E-state index in [0.29, 0.717) is 12.1 Å². The van der Waals surface area contributed by atoms with Crippen LogP contribution in [0.15, 0.2) is 18.3 Å². The molecule has 1 saturated heterocycles. The highest BCUT2D eigenvalue weighted by Gasteiger charge is 2.22. The molecule has 3 heteroatoms. The quantitative estimate of drug-likeness (QED) is 0.803. The van der Waals surface area contributed by atoms with Gasteiger partial charge in [-0.2, -0.15) is 0 Å². The normalized spacial score (nSPS) is 23.6. The van der Waals surface area contributed by atoms with Crippen molar-refractivity contribution in [2.75, 3.05) is 19.7 Å². The summed E-state index contributed by atoms with van der Waals surface area (Å²) < 4.78 is 5.57. The molecule has 17 heavy (non-hydrogen) atoms. The summed E-state index contributed by atoms with van der Waals surface area (Å²) in [6, 6.07) is 4.77. The van der Waals surface area contributed by atoms with E-state index in [0.717, 1.165) is 31.8 Å². The third kappa shape index (κ3) is 3.05. The molecule has 3 nitrogen and oxygen atoms in total. The van der Waals surface area contributed by atoms with Crippen molar-refractivity contribution in [1.82, 2.24) is 9.88 Å². The minimum Gasteiger partial charge on any atom is -0.376 e. The first kappa shape index (κ1) is 12.5. The van der Waals surface area contributed by atoms with Crippen LogP contribution in [0.3, 0.4) is 0 Å². The van der Waals surface area contributed by atoms with E-state index in [4.69, 9.17) is 4.74 Å². The Morgan fingerprint density at radius 2 is 2.35 bits per heavy atom. The first-order valence-electron chi connectivity index (χ1n) is 6.51. The van der Waals surface area contributed by atoms with E-state index in [1.807, 2.05) is 6.20 Å². The van der Waals surface area contributed by atoms with Gasteiger partial charge in [0.1, 0.15) is 0 Å². The highest BCUT2D eigenvalue weighted by molar-refractivity contribution is 5.17. The summed E-state index contributed by atoms with van der Waals surface area (Å²) in [7, 11) is 0. The smallest absolute Gasteiger partial charge is 0.0674 e. The molecule has 0 saturated carbocycles. The first-order chi connectivity index (χ1) is 8.20. The lowest BCUT2D eigenvalue weighted by atomic mass is 10.1. The van der Waals surface area contributed by atoms with Crippen molar-refractivity contribution < 1.29 is 4.74 Å². The Morgan fingerprint density at radius 3 is 2.94 bits per heavy atom. The number of rotatable bonds is 3. The van der Waals surface area contributed by atoms with Crippen LogP contribution in [0.4, 0.5) is 0 Å². The molecule has 0 N–H and O–H groups in total. The number of hydrogen-bond acceptors (Lipinski definition) is 3. The standard InChI is InChI=1S/C14H22N2O/c1-4-14-6-5-13(9-15-14)12(3)16-7-8-17-11(2)10-16/h5-6,9,11-12H,4,7-8,10H2,1-3H3/t11-,12?/m1/s1. The van der Waals surface area contributed by atoms with Crippen LogP contribution in [-0.2, 0) is 11.2 Å². The van der Waals surface area contributed by atoms with Crippen LogP contribution in [0, 0.1) is 0 Å².